The van der Waals surface area contributed by atoms with Crippen LogP contribution in [0.1, 0.15) is 95.0 Å². The number of aromatic nitrogens is 1. The molecule has 2 aliphatic rings. The fourth-order valence-corrected chi connectivity index (χ4v) is 7.51. The number of carbonyl (C=O) groups is 3. The molecule has 1 N–H and O–H groups in total. The van der Waals surface area contributed by atoms with Crippen molar-refractivity contribution < 1.29 is 14.4 Å². The second-order valence-electron chi connectivity index (χ2n) is 13.1. The molecule has 1 aromatic carbocycles. The van der Waals surface area contributed by atoms with Crippen LogP contribution in [-0.4, -0.2) is 78.1 Å². The highest BCUT2D eigenvalue weighted by Crippen LogP contribution is 2.31. The van der Waals surface area contributed by atoms with Crippen LogP contribution in [0.5, 0.6) is 0 Å². The molecule has 8 heteroatoms. The van der Waals surface area contributed by atoms with Gasteiger partial charge in [-0.05, 0) is 55.8 Å². The van der Waals surface area contributed by atoms with Crippen LogP contribution in [0.4, 0.5) is 0 Å². The van der Waals surface area contributed by atoms with Crippen LogP contribution < -0.4 is 5.32 Å². The first kappa shape index (κ1) is 33.5. The number of hydrogen-bond acceptors (Lipinski definition) is 7. The predicted molar refractivity (Wildman–Crippen MR) is 177 cm³/mol. The number of thiazole rings is 1. The SMILES string of the molecule is C=C(CN1CCN(C)CC1)C(=O)CC[C@@H](NC(=O)[C@@H](CC(=O)CC)Cc1nc2ccc(C(C)C)cc2s1)C1CCCCC1. The molecular weight excluding hydrogens is 556 g/mol. The maximum atomic E-state index is 13.9. The molecule has 1 saturated heterocycles. The maximum Gasteiger partial charge on any atom is 0.224 e. The lowest BCUT2D eigenvalue weighted by molar-refractivity contribution is -0.130. The second-order valence-corrected chi connectivity index (χ2v) is 14.3. The molecule has 2 aromatic rings. The van der Waals surface area contributed by atoms with Crippen molar-refractivity contribution in [2.75, 3.05) is 39.8 Å². The Morgan fingerprint density at radius 2 is 1.81 bits per heavy atom. The number of Topliss-reactive ketones (excluding diaryl/α,β-unsaturated/α-hetero) is 2. The van der Waals surface area contributed by atoms with Gasteiger partial charge in [0.25, 0.3) is 0 Å². The zero-order valence-corrected chi connectivity index (χ0v) is 27.6. The predicted octanol–water partition coefficient (Wildman–Crippen LogP) is 6.17. The van der Waals surface area contributed by atoms with E-state index in [9.17, 15) is 14.4 Å². The number of hydrogen-bond donors (Lipinski definition) is 1. The van der Waals surface area contributed by atoms with Crippen LogP contribution in [0.25, 0.3) is 10.2 Å². The minimum absolute atomic E-state index is 0.0728. The molecule has 0 spiro atoms. The summed E-state index contributed by atoms with van der Waals surface area (Å²) in [5.74, 6) is 0.434. The van der Waals surface area contributed by atoms with E-state index < -0.39 is 5.92 Å². The summed E-state index contributed by atoms with van der Waals surface area (Å²) in [4.78, 5) is 49.1. The summed E-state index contributed by atoms with van der Waals surface area (Å²) in [5, 5.41) is 4.26. The van der Waals surface area contributed by atoms with Crippen LogP contribution in [0.3, 0.4) is 0 Å². The smallest absolute Gasteiger partial charge is 0.224 e. The van der Waals surface area contributed by atoms with Crippen molar-refractivity contribution in [1.82, 2.24) is 20.1 Å². The van der Waals surface area contributed by atoms with Gasteiger partial charge in [-0.1, -0.05) is 52.7 Å². The highest BCUT2D eigenvalue weighted by atomic mass is 32.1. The average molecular weight is 609 g/mol. The lowest BCUT2D eigenvalue weighted by Gasteiger charge is -2.33. The van der Waals surface area contributed by atoms with Crippen molar-refractivity contribution >= 4 is 39.0 Å². The Morgan fingerprint density at radius 3 is 2.49 bits per heavy atom. The van der Waals surface area contributed by atoms with Gasteiger partial charge in [0.2, 0.25) is 5.91 Å². The third kappa shape index (κ3) is 9.79. The van der Waals surface area contributed by atoms with Gasteiger partial charge in [0.1, 0.15) is 5.78 Å². The first-order chi connectivity index (χ1) is 20.6. The number of ketones is 2. The van der Waals surface area contributed by atoms with E-state index in [-0.39, 0.29) is 29.9 Å². The Labute approximate surface area is 262 Å². The molecule has 2 fully saturated rings. The molecular formula is C35H52N4O3S. The first-order valence-electron chi connectivity index (χ1n) is 16.5. The molecule has 0 bridgehead atoms. The van der Waals surface area contributed by atoms with Crippen LogP contribution in [0, 0.1) is 11.8 Å². The van der Waals surface area contributed by atoms with Crippen LogP contribution in [0.2, 0.25) is 0 Å². The Balaban J connectivity index is 1.43. The molecule has 2 heterocycles. The number of carbonyl (C=O) groups excluding carboxylic acids is 3. The third-order valence-corrected chi connectivity index (χ3v) is 10.5. The summed E-state index contributed by atoms with van der Waals surface area (Å²) in [5.41, 5.74) is 2.89. The van der Waals surface area contributed by atoms with Gasteiger partial charge in [0.05, 0.1) is 21.1 Å². The van der Waals surface area contributed by atoms with Gasteiger partial charge >= 0.3 is 0 Å². The molecule has 1 aromatic heterocycles. The standard InChI is InChI=1S/C35H52N4O3S/c1-6-29(40)20-28(22-34-36-31-13-12-27(24(2)3)21-33(31)43-34)35(42)37-30(26-10-8-7-9-11-26)14-15-32(41)25(4)23-39-18-16-38(5)17-19-39/h12-13,21,24,26,28,30H,4,6-11,14-20,22-23H2,1-3,5H3,(H,37,42)/t28-,30+/m0/s1. The molecule has 4 rings (SSSR count). The third-order valence-electron chi connectivity index (χ3n) is 9.42. The number of fused-ring (bicyclic) bond motifs is 1. The number of likely N-dealkylation sites (N-methyl/N-ethyl adjacent to an activating group) is 1. The lowest BCUT2D eigenvalue weighted by atomic mass is 9.81. The van der Waals surface area contributed by atoms with Gasteiger partial charge in [-0.25, -0.2) is 4.98 Å². The highest BCUT2D eigenvalue weighted by molar-refractivity contribution is 7.18. The van der Waals surface area contributed by atoms with E-state index in [2.05, 4.69) is 60.8 Å². The Hall–Kier alpha value is -2.42. The average Bonchev–Trinajstić information content (AvgIpc) is 3.41. The van der Waals surface area contributed by atoms with E-state index in [0.717, 1.165) is 67.1 Å². The summed E-state index contributed by atoms with van der Waals surface area (Å²) < 4.78 is 1.12. The van der Waals surface area contributed by atoms with Crippen LogP contribution in [0.15, 0.2) is 30.4 Å². The van der Waals surface area contributed by atoms with Gasteiger partial charge in [0.15, 0.2) is 5.78 Å². The van der Waals surface area contributed by atoms with E-state index in [1.807, 2.05) is 6.92 Å². The monoisotopic (exact) mass is 608 g/mol. The quantitative estimate of drug-likeness (QED) is 0.244. The molecule has 2 atom stereocenters. The second kappa shape index (κ2) is 16.1. The summed E-state index contributed by atoms with van der Waals surface area (Å²) >= 11 is 1.62. The number of piperazine rings is 1. The first-order valence-corrected chi connectivity index (χ1v) is 17.3. The van der Waals surface area contributed by atoms with Crippen molar-refractivity contribution in [1.29, 1.82) is 0 Å². The van der Waals surface area contributed by atoms with Gasteiger partial charge in [0, 0.05) is 70.0 Å². The van der Waals surface area contributed by atoms with E-state index in [1.54, 1.807) is 11.3 Å². The van der Waals surface area contributed by atoms with Gasteiger partial charge in [-0.15, -0.1) is 11.3 Å². The largest absolute Gasteiger partial charge is 0.353 e. The van der Waals surface area contributed by atoms with Crippen LogP contribution in [-0.2, 0) is 20.8 Å². The molecule has 0 radical (unpaired) electrons. The summed E-state index contributed by atoms with van der Waals surface area (Å²) in [6.07, 6.45) is 7.75. The number of benzene rings is 1. The zero-order valence-electron chi connectivity index (χ0n) is 26.8. The van der Waals surface area contributed by atoms with E-state index >= 15 is 0 Å². The molecule has 1 saturated carbocycles. The van der Waals surface area contributed by atoms with Gasteiger partial charge in [-0.3, -0.25) is 19.3 Å². The topological polar surface area (TPSA) is 82.6 Å². The minimum Gasteiger partial charge on any atom is -0.353 e. The number of nitrogens with zero attached hydrogens (tertiary/aromatic N) is 3. The van der Waals surface area contributed by atoms with Crippen molar-refractivity contribution in [3.05, 3.63) is 40.9 Å². The number of nitrogens with one attached hydrogen (secondary N) is 1. The Morgan fingerprint density at radius 1 is 1.09 bits per heavy atom. The summed E-state index contributed by atoms with van der Waals surface area (Å²) in [6, 6.07) is 6.31. The molecule has 1 amide bonds. The van der Waals surface area contributed by atoms with Crippen molar-refractivity contribution in [2.24, 2.45) is 11.8 Å². The minimum atomic E-state index is -0.466. The molecule has 0 unspecified atom stereocenters. The highest BCUT2D eigenvalue weighted by Gasteiger charge is 2.30. The van der Waals surface area contributed by atoms with Crippen molar-refractivity contribution in [3.63, 3.8) is 0 Å². The Kier molecular flexibility index (Phi) is 12.5. The van der Waals surface area contributed by atoms with Crippen LogP contribution >= 0.6 is 11.3 Å². The van der Waals surface area contributed by atoms with Gasteiger partial charge < -0.3 is 10.2 Å². The molecule has 1 aliphatic heterocycles. The van der Waals surface area contributed by atoms with Crippen molar-refractivity contribution in [2.45, 2.75) is 96.9 Å². The molecule has 43 heavy (non-hydrogen) atoms. The van der Waals surface area contributed by atoms with Crippen molar-refractivity contribution in [3.8, 4) is 0 Å². The molecule has 7 nitrogen and oxygen atoms in total. The van der Waals surface area contributed by atoms with Gasteiger partial charge in [-0.2, -0.15) is 0 Å². The van der Waals surface area contributed by atoms with E-state index in [1.165, 1.54) is 12.0 Å². The number of amides is 1. The summed E-state index contributed by atoms with van der Waals surface area (Å²) in [6.45, 7) is 14.9. The van der Waals surface area contributed by atoms with E-state index in [0.29, 0.717) is 49.6 Å². The number of rotatable bonds is 15. The Bertz CT molecular complexity index is 1260. The zero-order chi connectivity index (χ0) is 30.9. The fraction of sp³-hybridized carbons (Fsp3) is 0.657. The fourth-order valence-electron chi connectivity index (χ4n) is 6.41. The van der Waals surface area contributed by atoms with E-state index in [4.69, 9.17) is 4.98 Å². The molecule has 236 valence electrons. The molecule has 1 aliphatic carbocycles. The lowest BCUT2D eigenvalue weighted by Crippen LogP contribution is -2.46. The normalized spacial score (nSPS) is 18.5. The summed E-state index contributed by atoms with van der Waals surface area (Å²) in [7, 11) is 2.13. The maximum absolute atomic E-state index is 13.9.